The van der Waals surface area contributed by atoms with Crippen LogP contribution in [0.4, 0.5) is 41.6 Å². The van der Waals surface area contributed by atoms with Crippen molar-refractivity contribution in [1.82, 2.24) is 0 Å². The van der Waals surface area contributed by atoms with Crippen LogP contribution in [0.5, 0.6) is 0 Å². The first-order chi connectivity index (χ1) is 63.9. The Morgan fingerprint density at radius 3 is 0.744 bits per heavy atom. The van der Waals surface area contributed by atoms with Gasteiger partial charge < -0.3 is 26.6 Å². The van der Waals surface area contributed by atoms with E-state index in [1.54, 1.807) is 152 Å². The van der Waals surface area contributed by atoms with E-state index in [9.17, 15) is 61.1 Å². The summed E-state index contributed by atoms with van der Waals surface area (Å²) in [4.78, 5) is 126. The summed E-state index contributed by atoms with van der Waals surface area (Å²) in [6.07, 6.45) is -3.10. The number of aryl methyl sites for hydroxylation is 7. The summed E-state index contributed by atoms with van der Waals surface area (Å²) >= 11 is 9.24. The van der Waals surface area contributed by atoms with Crippen molar-refractivity contribution in [3.8, 4) is 0 Å². The predicted molar refractivity (Wildman–Crippen MR) is 527 cm³/mol. The molecule has 5 N–H and O–H groups in total. The Bertz CT molecular complexity index is 6580. The van der Waals surface area contributed by atoms with Gasteiger partial charge in [0.2, 0.25) is 0 Å². The number of rotatable bonds is 25. The smallest absolute Gasteiger partial charge is 0.321 e. The zero-order chi connectivity index (χ0) is 95.1. The Balaban J connectivity index is 0.000000160. The zero-order valence-corrected chi connectivity index (χ0v) is 76.5. The van der Waals surface area contributed by atoms with E-state index in [4.69, 9.17) is 11.6 Å². The van der Waals surface area contributed by atoms with Crippen LogP contribution in [-0.2, 0) is 38.3 Å². The number of ketones is 5. The molecule has 0 aliphatic rings. The molecule has 0 saturated heterocycles. The summed E-state index contributed by atoms with van der Waals surface area (Å²) < 4.78 is 38.7. The number of Topliss-reactive ketones (excluding diaryl/α,β-unsaturated/α-hetero) is 5. The topological polar surface area (TPSA) is 231 Å². The second-order valence-corrected chi connectivity index (χ2v) is 33.0. The number of hydrogen-bond donors (Lipinski definition) is 5. The van der Waals surface area contributed by atoms with Crippen LogP contribution in [-0.4, -0.2) is 58.5 Å². The quantitative estimate of drug-likeness (QED) is 0.0340. The summed E-state index contributed by atoms with van der Waals surface area (Å²) in [6, 6.07) is 107. The van der Waals surface area contributed by atoms with Crippen LogP contribution >= 0.6 is 27.5 Å². The van der Waals surface area contributed by atoms with E-state index in [-0.39, 0.29) is 71.0 Å². The van der Waals surface area contributed by atoms with Crippen molar-refractivity contribution in [1.29, 1.82) is 0 Å². The normalized spacial score (nSPS) is 10.6. The third kappa shape index (κ3) is 29.8. The zero-order valence-electron chi connectivity index (χ0n) is 74.1. The van der Waals surface area contributed by atoms with Gasteiger partial charge in [0.25, 0.3) is 29.5 Å². The van der Waals surface area contributed by atoms with Gasteiger partial charge in [-0.3, -0.25) is 47.9 Å². The Morgan fingerprint density at radius 2 is 0.474 bits per heavy atom. The maximum absolute atomic E-state index is 12.8. The minimum atomic E-state index is -4.47. The second kappa shape index (κ2) is 47.7. The number of para-hydroxylation sites is 5. The molecular formula is C113H96BrClF3N5O10. The molecule has 15 aromatic carbocycles. The van der Waals surface area contributed by atoms with Crippen molar-refractivity contribution in [2.45, 2.75) is 86.7 Å². The van der Waals surface area contributed by atoms with Crippen LogP contribution in [0.25, 0.3) is 0 Å². The van der Waals surface area contributed by atoms with E-state index in [1.165, 1.54) is 0 Å². The Labute approximate surface area is 785 Å². The number of anilines is 5. The van der Waals surface area contributed by atoms with Crippen molar-refractivity contribution in [3.05, 3.63) is 501 Å². The maximum Gasteiger partial charge on any atom is 0.416 e. The molecule has 5 amide bonds. The number of halogens is 5. The third-order valence-electron chi connectivity index (χ3n) is 20.9. The number of carbonyl (C=O) groups is 10. The highest BCUT2D eigenvalue weighted by molar-refractivity contribution is 9.10. The van der Waals surface area contributed by atoms with Gasteiger partial charge >= 0.3 is 6.18 Å². The maximum atomic E-state index is 12.8. The molecule has 0 unspecified atom stereocenters. The fraction of sp³-hybridized carbons (Fsp3) is 0.115. The van der Waals surface area contributed by atoms with Gasteiger partial charge in [-0.1, -0.05) is 269 Å². The van der Waals surface area contributed by atoms with Crippen LogP contribution < -0.4 is 26.6 Å². The number of nitrogens with one attached hydrogen (secondary N) is 5. The molecule has 0 fully saturated rings. The minimum absolute atomic E-state index is 0.0178. The summed E-state index contributed by atoms with van der Waals surface area (Å²) in [7, 11) is 0. The van der Waals surface area contributed by atoms with Crippen molar-refractivity contribution in [2.75, 3.05) is 26.6 Å². The molecule has 668 valence electrons. The minimum Gasteiger partial charge on any atom is -0.321 e. The van der Waals surface area contributed by atoms with E-state index in [1.807, 2.05) is 237 Å². The van der Waals surface area contributed by atoms with Gasteiger partial charge in [-0.2, -0.15) is 13.2 Å². The van der Waals surface area contributed by atoms with Crippen molar-refractivity contribution in [2.24, 2.45) is 0 Å². The molecule has 0 heterocycles. The van der Waals surface area contributed by atoms with Gasteiger partial charge in [0.1, 0.15) is 0 Å². The molecule has 133 heavy (non-hydrogen) atoms. The van der Waals surface area contributed by atoms with E-state index >= 15 is 0 Å². The van der Waals surface area contributed by atoms with Gasteiger partial charge in [0.15, 0.2) is 28.9 Å². The van der Waals surface area contributed by atoms with E-state index in [0.29, 0.717) is 107 Å². The highest BCUT2D eigenvalue weighted by Gasteiger charge is 2.31. The van der Waals surface area contributed by atoms with Gasteiger partial charge in [-0.05, 0) is 238 Å². The molecule has 15 rings (SSSR count). The first kappa shape index (κ1) is 98.2. The molecular weight excluding hydrogens is 1760 g/mol. The molecule has 0 bridgehead atoms. The highest BCUT2D eigenvalue weighted by atomic mass is 79.9. The number of benzene rings is 15. The first-order valence-electron chi connectivity index (χ1n) is 42.6. The average molecular weight is 1860 g/mol. The van der Waals surface area contributed by atoms with Crippen LogP contribution in [0.3, 0.4) is 0 Å². The Hall–Kier alpha value is -15.4. The molecule has 15 nitrogen and oxygen atoms in total. The highest BCUT2D eigenvalue weighted by Crippen LogP contribution is 2.31. The number of carbonyl (C=O) groups excluding carboxylic acids is 10. The number of alkyl halides is 3. The lowest BCUT2D eigenvalue weighted by molar-refractivity contribution is -0.137. The molecule has 0 atom stereocenters. The summed E-state index contributed by atoms with van der Waals surface area (Å²) in [6.45, 7) is 13.9. The molecule has 20 heteroatoms. The molecule has 0 aromatic heterocycles. The van der Waals surface area contributed by atoms with Crippen LogP contribution in [0.2, 0.25) is 5.02 Å². The largest absolute Gasteiger partial charge is 0.416 e. The second-order valence-electron chi connectivity index (χ2n) is 31.7. The number of hydrogen-bond acceptors (Lipinski definition) is 10. The van der Waals surface area contributed by atoms with Crippen LogP contribution in [0.15, 0.2) is 368 Å². The van der Waals surface area contributed by atoms with E-state index < -0.39 is 17.6 Å². The predicted octanol–water partition coefficient (Wildman–Crippen LogP) is 26.4. The molecule has 0 aliphatic heterocycles. The first-order valence-corrected chi connectivity index (χ1v) is 43.8. The molecule has 0 aliphatic carbocycles. The van der Waals surface area contributed by atoms with E-state index in [2.05, 4.69) is 42.5 Å². The molecule has 0 radical (unpaired) electrons. The third-order valence-corrected chi connectivity index (χ3v) is 21.9. The number of amides is 5. The monoisotopic (exact) mass is 1850 g/mol. The lowest BCUT2D eigenvalue weighted by atomic mass is 10.00. The van der Waals surface area contributed by atoms with Crippen LogP contribution in [0, 0.1) is 48.5 Å². The molecule has 15 aromatic rings. The van der Waals surface area contributed by atoms with Crippen molar-refractivity contribution < 1.29 is 61.1 Å². The van der Waals surface area contributed by atoms with E-state index in [0.717, 1.165) is 91.0 Å². The van der Waals surface area contributed by atoms with Gasteiger partial charge in [-0.15, -0.1) is 0 Å². The fourth-order valence-corrected chi connectivity index (χ4v) is 14.8. The Kier molecular flexibility index (Phi) is 35.2. The van der Waals surface area contributed by atoms with Gasteiger partial charge in [-0.25, -0.2) is 0 Å². The summed E-state index contributed by atoms with van der Waals surface area (Å²) in [5.41, 5.74) is 18.5. The van der Waals surface area contributed by atoms with Crippen LogP contribution in [0.1, 0.15) is 176 Å². The van der Waals surface area contributed by atoms with Crippen molar-refractivity contribution in [3.63, 3.8) is 0 Å². The average Bonchev–Trinajstić information content (AvgIpc) is 0.841. The Morgan fingerprint density at radius 1 is 0.241 bits per heavy atom. The van der Waals surface area contributed by atoms with Crippen molar-refractivity contribution >= 4 is 114 Å². The van der Waals surface area contributed by atoms with Gasteiger partial charge in [0, 0.05) is 91.7 Å². The summed E-state index contributed by atoms with van der Waals surface area (Å²) in [5.74, 6) is -1.84. The SMILES string of the molecule is Cc1ccc(C(=O)Nc2ccccc2C(=O)Cc2cccc(C)c2)cc1.Cc1cccc(CC(=O)c2ccccc2NC(=O)c2ccc(C(F)(F)F)cc2)c1.Cc1cccc(CC(=O)c2ccccc2NC(=O)c2ccc(Cl)cc2)c1.Cc1cccc(CC(=O)c2ccccc2NC(=O)c2cccc(C)c2)c1.Cc1cccc(CC(=O)c2ccccc2NC(=O)c2ccccc2Br)c1. The molecule has 0 saturated carbocycles. The molecule has 0 spiro atoms. The lowest BCUT2D eigenvalue weighted by Gasteiger charge is -2.12. The summed E-state index contributed by atoms with van der Waals surface area (Å²) in [5, 5.41) is 14.6. The van der Waals surface area contributed by atoms with Gasteiger partial charge in [0.05, 0.1) is 39.6 Å². The fourth-order valence-electron chi connectivity index (χ4n) is 14.2. The lowest BCUT2D eigenvalue weighted by Crippen LogP contribution is -2.16. The standard InChI is InChI=1S/C23H18F3NO2.2C23H21NO2.C22H18BrNO2.C22H18ClNO2/c1-15-5-4-6-16(13-15)14-21(28)19-7-2-3-8-20(19)27-22(29)17-9-11-18(12-10-17)23(24,25)26;1-16-7-5-9-18(13-16)15-22(25)20-11-3-4-12-21(20)24-23(26)19-10-6-8-17(2)14-19;1-16-10-12-19(13-11-16)23(26)24-21-9-4-3-8-20(21)22(25)15-18-7-5-6-17(2)14-18;1-15-7-6-8-16(13-15)14-21(25)18-10-3-5-12-20(18)24-22(26)17-9-2-4-11-19(17)23;1-15-5-4-6-16(13-15)14-21(25)19-7-2-3-8-20(19)24-22(26)17-9-11-18(23)12-10-17/h2-13H,14H2,1H3,(H,27,29);2*3-14H,15H2,1-2H3,(H,24,26);2*2-13H,14H2,1H3,(H,24,26).